The quantitative estimate of drug-likeness (QED) is 0.248. The maximum Gasteiger partial charge on any atom is 0.170 e. The molecule has 0 aliphatic rings. The molecule has 0 aromatic heterocycles. The molecule has 0 aliphatic carbocycles. The minimum Gasteiger partial charge on any atom is -0.409 e. The number of nitrogens with zero attached hydrogens (tertiary/aromatic N) is 1. The summed E-state index contributed by atoms with van der Waals surface area (Å²) in [7, 11) is 0. The zero-order chi connectivity index (χ0) is 10.6. The predicted molar refractivity (Wildman–Crippen MR) is 53.7 cm³/mol. The Balaban J connectivity index is 3.23. The fraction of sp³-hybridized carbons (Fsp3) is 0.200. The Hall–Kier alpha value is -1.84. The zero-order valence-corrected chi connectivity index (χ0v) is 7.90. The van der Waals surface area contributed by atoms with E-state index in [1.807, 2.05) is 6.92 Å². The highest BCUT2D eigenvalue weighted by atomic mass is 16.4. The predicted octanol–water partition coefficient (Wildman–Crippen LogP) is 1.16. The van der Waals surface area contributed by atoms with E-state index in [2.05, 4.69) is 5.16 Å². The lowest BCUT2D eigenvalue weighted by Gasteiger charge is -2.03. The van der Waals surface area contributed by atoms with E-state index < -0.39 is 0 Å². The van der Waals surface area contributed by atoms with Crippen molar-refractivity contribution in [3.63, 3.8) is 0 Å². The number of hydrogen-bond donors (Lipinski definition) is 2. The highest BCUT2D eigenvalue weighted by molar-refractivity contribution is 5.98. The SMILES string of the molecule is CCc1cc(C=O)cc(/C(N)=N/O)c1. The summed E-state index contributed by atoms with van der Waals surface area (Å²) in [6.07, 6.45) is 1.54. The second-order valence-electron chi connectivity index (χ2n) is 2.92. The molecule has 14 heavy (non-hydrogen) atoms. The van der Waals surface area contributed by atoms with E-state index in [4.69, 9.17) is 10.9 Å². The number of aldehydes is 1. The summed E-state index contributed by atoms with van der Waals surface area (Å²) in [5.41, 5.74) is 7.51. The second kappa shape index (κ2) is 4.41. The number of carbonyl (C=O) groups is 1. The van der Waals surface area contributed by atoms with Gasteiger partial charge in [0, 0.05) is 11.1 Å². The molecule has 0 amide bonds. The van der Waals surface area contributed by atoms with Gasteiger partial charge in [0.2, 0.25) is 0 Å². The minimum absolute atomic E-state index is 0.0170. The van der Waals surface area contributed by atoms with Crippen LogP contribution in [0, 0.1) is 0 Å². The highest BCUT2D eigenvalue weighted by Gasteiger charge is 2.03. The van der Waals surface area contributed by atoms with Gasteiger partial charge in [-0.25, -0.2) is 0 Å². The summed E-state index contributed by atoms with van der Waals surface area (Å²) >= 11 is 0. The van der Waals surface area contributed by atoms with Crippen molar-refractivity contribution >= 4 is 12.1 Å². The number of oxime groups is 1. The molecule has 0 unspecified atom stereocenters. The average molecular weight is 192 g/mol. The van der Waals surface area contributed by atoms with Crippen LogP contribution < -0.4 is 5.73 Å². The number of nitrogens with two attached hydrogens (primary N) is 1. The van der Waals surface area contributed by atoms with Crippen LogP contribution in [-0.2, 0) is 6.42 Å². The van der Waals surface area contributed by atoms with Crippen LogP contribution in [0.25, 0.3) is 0 Å². The summed E-state index contributed by atoms with van der Waals surface area (Å²) in [5.74, 6) is 0.0170. The lowest BCUT2D eigenvalue weighted by Crippen LogP contribution is -2.13. The van der Waals surface area contributed by atoms with E-state index in [0.717, 1.165) is 18.3 Å². The third-order valence-electron chi connectivity index (χ3n) is 1.96. The number of aryl methyl sites for hydroxylation is 1. The van der Waals surface area contributed by atoms with E-state index >= 15 is 0 Å². The van der Waals surface area contributed by atoms with Gasteiger partial charge in [0.15, 0.2) is 5.84 Å². The summed E-state index contributed by atoms with van der Waals surface area (Å²) in [6, 6.07) is 5.16. The molecule has 4 heteroatoms. The monoisotopic (exact) mass is 192 g/mol. The number of carbonyl (C=O) groups excluding carboxylic acids is 1. The van der Waals surface area contributed by atoms with Gasteiger partial charge in [-0.3, -0.25) is 4.79 Å². The standard InChI is InChI=1S/C10H12N2O2/c1-2-7-3-8(6-13)5-9(4-7)10(11)12-14/h3-6,14H,2H2,1H3,(H2,11,12). The number of rotatable bonds is 3. The molecule has 74 valence electrons. The number of amidine groups is 1. The van der Waals surface area contributed by atoms with Crippen molar-refractivity contribution in [3.05, 3.63) is 34.9 Å². The first kappa shape index (κ1) is 10.2. The van der Waals surface area contributed by atoms with E-state index in [0.29, 0.717) is 11.1 Å². The van der Waals surface area contributed by atoms with Gasteiger partial charge in [0.25, 0.3) is 0 Å². The molecule has 1 aromatic carbocycles. The van der Waals surface area contributed by atoms with Crippen LogP contribution in [0.5, 0.6) is 0 Å². The van der Waals surface area contributed by atoms with Gasteiger partial charge < -0.3 is 10.9 Å². The lowest BCUT2D eigenvalue weighted by molar-refractivity contribution is 0.112. The Labute approximate surface area is 82.0 Å². The molecule has 0 spiro atoms. The summed E-state index contributed by atoms with van der Waals surface area (Å²) in [4.78, 5) is 10.6. The summed E-state index contributed by atoms with van der Waals surface area (Å²) < 4.78 is 0. The van der Waals surface area contributed by atoms with Gasteiger partial charge in [-0.1, -0.05) is 12.1 Å². The topological polar surface area (TPSA) is 75.7 Å². The average Bonchev–Trinajstić information content (AvgIpc) is 2.27. The van der Waals surface area contributed by atoms with Crippen LogP contribution in [0.3, 0.4) is 0 Å². The molecular weight excluding hydrogens is 180 g/mol. The highest BCUT2D eigenvalue weighted by Crippen LogP contribution is 2.09. The fourth-order valence-electron chi connectivity index (χ4n) is 1.20. The Bertz CT molecular complexity index is 372. The molecule has 3 N–H and O–H groups in total. The maximum absolute atomic E-state index is 10.6. The van der Waals surface area contributed by atoms with Gasteiger partial charge in [0.05, 0.1) is 0 Å². The van der Waals surface area contributed by atoms with E-state index in [9.17, 15) is 4.79 Å². The molecule has 0 saturated heterocycles. The van der Waals surface area contributed by atoms with Crippen molar-refractivity contribution in [2.75, 3.05) is 0 Å². The van der Waals surface area contributed by atoms with Crippen LogP contribution in [0.15, 0.2) is 23.4 Å². The lowest BCUT2D eigenvalue weighted by atomic mass is 10.0. The molecule has 0 fully saturated rings. The van der Waals surface area contributed by atoms with Gasteiger partial charge in [-0.05, 0) is 30.2 Å². The molecular formula is C10H12N2O2. The Morgan fingerprint density at radius 3 is 2.79 bits per heavy atom. The summed E-state index contributed by atoms with van der Waals surface area (Å²) in [5, 5.41) is 11.4. The second-order valence-corrected chi connectivity index (χ2v) is 2.92. The zero-order valence-electron chi connectivity index (χ0n) is 7.90. The van der Waals surface area contributed by atoms with Crippen LogP contribution >= 0.6 is 0 Å². The van der Waals surface area contributed by atoms with Crippen molar-refractivity contribution in [1.82, 2.24) is 0 Å². The van der Waals surface area contributed by atoms with E-state index in [1.165, 1.54) is 0 Å². The molecule has 0 radical (unpaired) electrons. The van der Waals surface area contributed by atoms with Gasteiger partial charge in [-0.2, -0.15) is 0 Å². The molecule has 1 aromatic rings. The van der Waals surface area contributed by atoms with E-state index in [-0.39, 0.29) is 5.84 Å². The van der Waals surface area contributed by atoms with Crippen molar-refractivity contribution in [1.29, 1.82) is 0 Å². The molecule has 1 rings (SSSR count). The maximum atomic E-state index is 10.6. The number of benzene rings is 1. The van der Waals surface area contributed by atoms with Crippen molar-refractivity contribution in [2.24, 2.45) is 10.9 Å². The number of hydrogen-bond acceptors (Lipinski definition) is 3. The first-order valence-corrected chi connectivity index (χ1v) is 4.28. The van der Waals surface area contributed by atoms with Crippen molar-refractivity contribution in [2.45, 2.75) is 13.3 Å². The molecule has 0 bridgehead atoms. The molecule has 0 heterocycles. The third kappa shape index (κ3) is 2.10. The molecule has 4 nitrogen and oxygen atoms in total. The third-order valence-corrected chi connectivity index (χ3v) is 1.96. The first-order chi connectivity index (χ1) is 6.71. The van der Waals surface area contributed by atoms with Crippen molar-refractivity contribution < 1.29 is 10.0 Å². The van der Waals surface area contributed by atoms with Gasteiger partial charge in [-0.15, -0.1) is 0 Å². The van der Waals surface area contributed by atoms with Gasteiger partial charge >= 0.3 is 0 Å². The van der Waals surface area contributed by atoms with Crippen LogP contribution in [0.1, 0.15) is 28.4 Å². The largest absolute Gasteiger partial charge is 0.409 e. The molecule has 0 saturated carbocycles. The van der Waals surface area contributed by atoms with Crippen LogP contribution in [0.4, 0.5) is 0 Å². The molecule has 0 aliphatic heterocycles. The smallest absolute Gasteiger partial charge is 0.170 e. The Kier molecular flexibility index (Phi) is 3.23. The molecule has 0 atom stereocenters. The first-order valence-electron chi connectivity index (χ1n) is 4.28. The fourth-order valence-corrected chi connectivity index (χ4v) is 1.20. The Morgan fingerprint density at radius 2 is 2.29 bits per heavy atom. The normalized spacial score (nSPS) is 11.4. The van der Waals surface area contributed by atoms with E-state index in [1.54, 1.807) is 18.2 Å². The van der Waals surface area contributed by atoms with Crippen molar-refractivity contribution in [3.8, 4) is 0 Å². The Morgan fingerprint density at radius 1 is 1.57 bits per heavy atom. The minimum atomic E-state index is 0.0170. The van der Waals surface area contributed by atoms with Crippen LogP contribution in [0.2, 0.25) is 0 Å². The van der Waals surface area contributed by atoms with Gasteiger partial charge in [0.1, 0.15) is 6.29 Å². The van der Waals surface area contributed by atoms with Crippen LogP contribution in [-0.4, -0.2) is 17.3 Å². The summed E-state index contributed by atoms with van der Waals surface area (Å²) in [6.45, 7) is 1.97.